The number of fused-ring (bicyclic) bond motifs is 3. The molecule has 2 aliphatic heterocycles. The van der Waals surface area contributed by atoms with Gasteiger partial charge < -0.3 is 19.5 Å². The molecule has 2 aromatic carbocycles. The summed E-state index contributed by atoms with van der Waals surface area (Å²) >= 11 is 18.3. The molecule has 2 unspecified atom stereocenters. The first-order valence-electron chi connectivity index (χ1n) is 13.0. The number of thiazole rings is 1. The number of hydrogen-bond acceptors (Lipinski definition) is 8. The second-order valence-corrected chi connectivity index (χ2v) is 13.1. The van der Waals surface area contributed by atoms with E-state index in [0.29, 0.717) is 46.2 Å². The molecule has 202 valence electrons. The highest BCUT2D eigenvalue weighted by Gasteiger charge is 2.46. The van der Waals surface area contributed by atoms with E-state index in [1.165, 1.54) is 13.5 Å². The lowest BCUT2D eigenvalue weighted by molar-refractivity contribution is 0.0600. The summed E-state index contributed by atoms with van der Waals surface area (Å²) in [6.07, 6.45) is 5.49. The van der Waals surface area contributed by atoms with E-state index in [9.17, 15) is 4.79 Å². The number of hydrogen-bond donors (Lipinski definition) is 1. The van der Waals surface area contributed by atoms with Crippen LogP contribution in [-0.4, -0.2) is 41.3 Å². The predicted octanol–water partition coefficient (Wildman–Crippen LogP) is 7.58. The van der Waals surface area contributed by atoms with Crippen molar-refractivity contribution in [2.24, 2.45) is 0 Å². The predicted molar refractivity (Wildman–Crippen MR) is 157 cm³/mol. The number of esters is 1. The van der Waals surface area contributed by atoms with Gasteiger partial charge in [0.25, 0.3) is 0 Å². The average Bonchev–Trinajstić information content (AvgIpc) is 3.55. The van der Waals surface area contributed by atoms with Gasteiger partial charge in [0.05, 0.1) is 37.4 Å². The van der Waals surface area contributed by atoms with Gasteiger partial charge in [-0.15, -0.1) is 0 Å². The van der Waals surface area contributed by atoms with Gasteiger partial charge in [0.15, 0.2) is 5.13 Å². The highest BCUT2D eigenvalue weighted by atomic mass is 79.9. The van der Waals surface area contributed by atoms with Gasteiger partial charge in [-0.25, -0.2) is 9.78 Å². The van der Waals surface area contributed by atoms with Crippen LogP contribution in [0.5, 0.6) is 0 Å². The lowest BCUT2D eigenvalue weighted by Gasteiger charge is -2.55. The van der Waals surface area contributed by atoms with Gasteiger partial charge in [-0.3, -0.25) is 0 Å². The van der Waals surface area contributed by atoms with Crippen LogP contribution in [0.15, 0.2) is 39.3 Å². The van der Waals surface area contributed by atoms with Crippen LogP contribution in [0.2, 0.25) is 10.0 Å². The molecule has 39 heavy (non-hydrogen) atoms. The fourth-order valence-electron chi connectivity index (χ4n) is 6.01. The zero-order valence-corrected chi connectivity index (χ0v) is 25.0. The monoisotopic (exact) mass is 646 g/mol. The van der Waals surface area contributed by atoms with E-state index in [0.717, 1.165) is 68.1 Å². The van der Waals surface area contributed by atoms with E-state index in [1.54, 1.807) is 17.4 Å². The van der Waals surface area contributed by atoms with E-state index >= 15 is 0 Å². The molecule has 8 rings (SSSR count). The van der Waals surface area contributed by atoms with Crippen molar-refractivity contribution in [3.63, 3.8) is 0 Å². The Morgan fingerprint density at radius 1 is 1.18 bits per heavy atom. The van der Waals surface area contributed by atoms with Crippen LogP contribution in [0.1, 0.15) is 59.7 Å². The Morgan fingerprint density at radius 3 is 2.62 bits per heavy atom. The molecule has 1 N–H and O–H groups in total. The van der Waals surface area contributed by atoms with Crippen molar-refractivity contribution in [2.75, 3.05) is 12.0 Å². The molecule has 4 aromatic rings. The highest BCUT2D eigenvalue weighted by molar-refractivity contribution is 9.10. The summed E-state index contributed by atoms with van der Waals surface area (Å²) in [7, 11) is 1.39. The maximum absolute atomic E-state index is 12.1. The minimum absolute atomic E-state index is 0.355. The van der Waals surface area contributed by atoms with Gasteiger partial charge in [0.1, 0.15) is 11.5 Å². The largest absolute Gasteiger partial charge is 0.465 e. The Bertz CT molecular complexity index is 1570. The third-order valence-corrected chi connectivity index (χ3v) is 10.9. The number of anilines is 1. The molecule has 4 aliphatic rings. The maximum Gasteiger partial charge on any atom is 0.339 e. The molecule has 2 bridgehead atoms. The van der Waals surface area contributed by atoms with E-state index in [4.69, 9.17) is 37.4 Å². The number of halogens is 3. The second-order valence-electron chi connectivity index (χ2n) is 10.5. The smallest absolute Gasteiger partial charge is 0.339 e. The number of carbonyl (C=O) groups excluding carboxylic acids is 1. The number of aromatic nitrogens is 2. The van der Waals surface area contributed by atoms with E-state index in [2.05, 4.69) is 31.3 Å². The lowest BCUT2D eigenvalue weighted by atomic mass is 9.77. The molecule has 2 saturated carbocycles. The van der Waals surface area contributed by atoms with Gasteiger partial charge in [-0.2, -0.15) is 0 Å². The highest BCUT2D eigenvalue weighted by Crippen LogP contribution is 2.48. The quantitative estimate of drug-likeness (QED) is 0.207. The van der Waals surface area contributed by atoms with E-state index in [1.807, 2.05) is 24.3 Å². The molecular weight excluding hydrogens is 623 g/mol. The van der Waals surface area contributed by atoms with Crippen LogP contribution in [-0.2, 0) is 11.3 Å². The standard InChI is InChI=1S/C28H25BrCl2N4O3S/c1-37-27(36)17-7-8-21-26(23(17)29)39-28(33-21)35-15-9-14(10-16(35)11-15)32-12-18-24(34-38-25(18)13-5-6-13)22-19(30)3-2-4-20(22)31/h2-4,7-8,13-16,32H,5-6,9-12H2,1H3. The molecule has 0 amide bonds. The number of ether oxygens (including phenoxy) is 1. The molecule has 2 aliphatic carbocycles. The van der Waals surface area contributed by atoms with Crippen molar-refractivity contribution in [1.82, 2.24) is 15.5 Å². The molecule has 2 aromatic heterocycles. The summed E-state index contributed by atoms with van der Waals surface area (Å²) in [5.74, 6) is 1.03. The van der Waals surface area contributed by atoms with Crippen molar-refractivity contribution in [1.29, 1.82) is 0 Å². The fourth-order valence-corrected chi connectivity index (χ4v) is 8.47. The fraction of sp³-hybridized carbons (Fsp3) is 0.393. The van der Waals surface area contributed by atoms with Crippen LogP contribution >= 0.6 is 50.5 Å². The number of methoxy groups -OCH3 is 1. The summed E-state index contributed by atoms with van der Waals surface area (Å²) < 4.78 is 12.5. The van der Waals surface area contributed by atoms with E-state index in [-0.39, 0.29) is 5.97 Å². The Hall–Kier alpha value is -2.17. The third kappa shape index (κ3) is 4.47. The molecule has 2 atom stereocenters. The van der Waals surface area contributed by atoms with E-state index < -0.39 is 0 Å². The SMILES string of the molecule is COC(=O)c1ccc2nc(N3C4CC(NCc5c(-c6c(Cl)cccc6Cl)noc5C5CC5)CC3C4)sc2c1Br. The Labute approximate surface area is 247 Å². The van der Waals surface area contributed by atoms with Crippen LogP contribution in [0.4, 0.5) is 5.13 Å². The average molecular weight is 648 g/mol. The number of nitrogens with zero attached hydrogens (tertiary/aromatic N) is 3. The summed E-state index contributed by atoms with van der Waals surface area (Å²) in [5, 5.41) is 10.4. The zero-order chi connectivity index (χ0) is 26.8. The van der Waals surface area contributed by atoms with Crippen LogP contribution in [0.3, 0.4) is 0 Å². The third-order valence-electron chi connectivity index (χ3n) is 8.09. The molecule has 4 fully saturated rings. The number of piperidine rings is 1. The molecular formula is C28H25BrCl2N4O3S. The van der Waals surface area contributed by atoms with Crippen molar-refractivity contribution < 1.29 is 14.1 Å². The van der Waals surface area contributed by atoms with Gasteiger partial charge in [-0.1, -0.05) is 45.8 Å². The minimum atomic E-state index is -0.355. The Balaban J connectivity index is 1.08. The van der Waals surface area contributed by atoms with Crippen LogP contribution in [0.25, 0.3) is 21.5 Å². The number of carbonyl (C=O) groups is 1. The van der Waals surface area contributed by atoms with Crippen molar-refractivity contribution in [3.05, 3.63) is 61.7 Å². The molecule has 11 heteroatoms. The number of nitrogens with one attached hydrogen (secondary N) is 1. The minimum Gasteiger partial charge on any atom is -0.465 e. The first kappa shape index (κ1) is 25.8. The van der Waals surface area contributed by atoms with Gasteiger partial charge >= 0.3 is 5.97 Å². The van der Waals surface area contributed by atoms with Crippen molar-refractivity contribution >= 4 is 71.8 Å². The first-order valence-corrected chi connectivity index (χ1v) is 15.4. The van der Waals surface area contributed by atoms with Crippen LogP contribution < -0.4 is 10.2 Å². The van der Waals surface area contributed by atoms with Crippen molar-refractivity contribution in [3.8, 4) is 11.3 Å². The van der Waals surface area contributed by atoms with Gasteiger partial charge in [0, 0.05) is 41.7 Å². The normalized spacial score (nSPS) is 22.3. The van der Waals surface area contributed by atoms with Crippen molar-refractivity contribution in [2.45, 2.75) is 62.7 Å². The molecule has 4 heterocycles. The maximum atomic E-state index is 12.1. The summed E-state index contributed by atoms with van der Waals surface area (Å²) in [6, 6.07) is 10.4. The number of benzene rings is 2. The summed E-state index contributed by atoms with van der Waals surface area (Å²) in [5.41, 5.74) is 3.96. The molecule has 0 radical (unpaired) electrons. The topological polar surface area (TPSA) is 80.5 Å². The Kier molecular flexibility index (Phi) is 6.63. The first-order chi connectivity index (χ1) is 18.9. The van der Waals surface area contributed by atoms with Gasteiger partial charge in [0.2, 0.25) is 0 Å². The summed E-state index contributed by atoms with van der Waals surface area (Å²) in [6.45, 7) is 0.667. The van der Waals surface area contributed by atoms with Gasteiger partial charge in [-0.05, 0) is 72.3 Å². The summed E-state index contributed by atoms with van der Waals surface area (Å²) in [4.78, 5) is 19.5. The van der Waals surface area contributed by atoms with Crippen LogP contribution in [0, 0.1) is 0 Å². The second kappa shape index (κ2) is 10.0. The molecule has 0 spiro atoms. The number of rotatable bonds is 7. The Morgan fingerprint density at radius 2 is 1.92 bits per heavy atom. The zero-order valence-electron chi connectivity index (χ0n) is 21.0. The molecule has 2 saturated heterocycles. The lowest BCUT2D eigenvalue weighted by Crippen LogP contribution is -2.64. The molecule has 7 nitrogen and oxygen atoms in total.